The van der Waals surface area contributed by atoms with Crippen LogP contribution in [0, 0.1) is 6.92 Å². The summed E-state index contributed by atoms with van der Waals surface area (Å²) in [6, 6.07) is 9.65. The molecule has 2 aromatic rings. The van der Waals surface area contributed by atoms with Crippen molar-refractivity contribution in [3.8, 4) is 5.75 Å². The fourth-order valence-electron chi connectivity index (χ4n) is 3.02. The molecule has 1 atom stereocenters. The van der Waals surface area contributed by atoms with Gasteiger partial charge in [0.05, 0.1) is 17.7 Å². The maximum absolute atomic E-state index is 13.0. The fraction of sp³-hybridized carbons (Fsp3) is 0.263. The zero-order valence-corrected chi connectivity index (χ0v) is 16.9. The maximum atomic E-state index is 13.0. The molecular formula is C19H19ClN2O5S. The van der Waals surface area contributed by atoms with Gasteiger partial charge in [0.15, 0.2) is 0 Å². The monoisotopic (exact) mass is 422 g/mol. The van der Waals surface area contributed by atoms with Crippen LogP contribution in [0.3, 0.4) is 0 Å². The van der Waals surface area contributed by atoms with E-state index in [2.05, 4.69) is 5.32 Å². The summed E-state index contributed by atoms with van der Waals surface area (Å²) in [6.45, 7) is 1.83. The minimum atomic E-state index is -4.15. The first kappa shape index (κ1) is 20.2. The zero-order chi connectivity index (χ0) is 20.5. The van der Waals surface area contributed by atoms with Crippen LogP contribution >= 0.6 is 11.6 Å². The molecule has 1 unspecified atom stereocenters. The highest BCUT2D eigenvalue weighted by Gasteiger charge is 2.44. The molecule has 0 aromatic heterocycles. The normalized spacial score (nSPS) is 16.9. The van der Waals surface area contributed by atoms with E-state index in [1.54, 1.807) is 24.3 Å². The number of rotatable bonds is 5. The molecule has 3 rings (SSSR count). The van der Waals surface area contributed by atoms with Crippen LogP contribution in [0.1, 0.15) is 18.4 Å². The van der Waals surface area contributed by atoms with E-state index >= 15 is 0 Å². The molecule has 0 spiro atoms. The predicted octanol–water partition coefficient (Wildman–Crippen LogP) is 2.98. The van der Waals surface area contributed by atoms with Gasteiger partial charge in [-0.25, -0.2) is 12.7 Å². The first-order chi connectivity index (χ1) is 13.2. The van der Waals surface area contributed by atoms with E-state index in [1.807, 2.05) is 6.92 Å². The zero-order valence-electron chi connectivity index (χ0n) is 15.3. The summed E-state index contributed by atoms with van der Waals surface area (Å²) in [7, 11) is -2.71. The minimum Gasteiger partial charge on any atom is -0.495 e. The van der Waals surface area contributed by atoms with E-state index in [9.17, 15) is 18.0 Å². The topological polar surface area (TPSA) is 92.8 Å². The molecule has 2 aromatic carbocycles. The van der Waals surface area contributed by atoms with Gasteiger partial charge in [0, 0.05) is 11.4 Å². The van der Waals surface area contributed by atoms with Crippen molar-refractivity contribution in [3.05, 3.63) is 53.1 Å². The van der Waals surface area contributed by atoms with Gasteiger partial charge in [0.2, 0.25) is 11.8 Å². The van der Waals surface area contributed by atoms with Crippen molar-refractivity contribution in [2.45, 2.75) is 30.7 Å². The number of ether oxygens (including phenoxy) is 1. The number of hydrogen-bond donors (Lipinski definition) is 1. The Morgan fingerprint density at radius 1 is 1.21 bits per heavy atom. The lowest BCUT2D eigenvalue weighted by molar-refractivity contribution is -0.128. The van der Waals surface area contributed by atoms with Crippen molar-refractivity contribution < 1.29 is 22.7 Å². The molecule has 1 aliphatic heterocycles. The average Bonchev–Trinajstić information content (AvgIpc) is 3.05. The van der Waals surface area contributed by atoms with Crippen LogP contribution in [0.5, 0.6) is 5.75 Å². The molecule has 1 N–H and O–H groups in total. The van der Waals surface area contributed by atoms with Crippen molar-refractivity contribution >= 4 is 39.1 Å². The number of halogens is 1. The Balaban J connectivity index is 1.91. The number of amides is 2. The number of methoxy groups -OCH3 is 1. The molecule has 0 radical (unpaired) electrons. The SMILES string of the molecule is COc1ccc(Cl)cc1NC(=O)C1CCC(=O)N1S(=O)(=O)c1ccc(C)cc1. The predicted molar refractivity (Wildman–Crippen MR) is 105 cm³/mol. The second kappa shape index (κ2) is 7.81. The molecule has 2 amide bonds. The van der Waals surface area contributed by atoms with E-state index in [4.69, 9.17) is 16.3 Å². The summed E-state index contributed by atoms with van der Waals surface area (Å²) in [6.07, 6.45) is 0.0640. The Bertz CT molecular complexity index is 1020. The van der Waals surface area contributed by atoms with Crippen molar-refractivity contribution in [3.63, 3.8) is 0 Å². The van der Waals surface area contributed by atoms with Gasteiger partial charge in [0.1, 0.15) is 11.8 Å². The lowest BCUT2D eigenvalue weighted by Gasteiger charge is -2.24. The third kappa shape index (κ3) is 3.83. The second-order valence-electron chi connectivity index (χ2n) is 6.40. The second-order valence-corrected chi connectivity index (χ2v) is 8.65. The van der Waals surface area contributed by atoms with Crippen LogP contribution in [0.25, 0.3) is 0 Å². The Morgan fingerprint density at radius 3 is 2.54 bits per heavy atom. The number of benzene rings is 2. The first-order valence-corrected chi connectivity index (χ1v) is 10.3. The van der Waals surface area contributed by atoms with E-state index in [0.29, 0.717) is 20.8 Å². The lowest BCUT2D eigenvalue weighted by atomic mass is 10.2. The molecule has 28 heavy (non-hydrogen) atoms. The summed E-state index contributed by atoms with van der Waals surface area (Å²) in [5, 5.41) is 3.00. The summed E-state index contributed by atoms with van der Waals surface area (Å²) >= 11 is 5.97. The Hall–Kier alpha value is -2.58. The highest BCUT2D eigenvalue weighted by Crippen LogP contribution is 2.31. The molecule has 1 aliphatic rings. The van der Waals surface area contributed by atoms with Crippen LogP contribution < -0.4 is 10.1 Å². The van der Waals surface area contributed by atoms with Crippen LogP contribution in [0.2, 0.25) is 5.02 Å². The molecule has 1 fully saturated rings. The van der Waals surface area contributed by atoms with Gasteiger partial charge in [-0.2, -0.15) is 0 Å². The Morgan fingerprint density at radius 2 is 1.89 bits per heavy atom. The number of carbonyl (C=O) groups is 2. The number of aryl methyl sites for hydroxylation is 1. The highest BCUT2D eigenvalue weighted by molar-refractivity contribution is 7.89. The van der Waals surface area contributed by atoms with E-state index in [1.165, 1.54) is 25.3 Å². The van der Waals surface area contributed by atoms with Gasteiger partial charge >= 0.3 is 0 Å². The fourth-order valence-corrected chi connectivity index (χ4v) is 4.79. The molecule has 148 valence electrons. The van der Waals surface area contributed by atoms with E-state index in [0.717, 1.165) is 5.56 Å². The van der Waals surface area contributed by atoms with Gasteiger partial charge in [-0.3, -0.25) is 9.59 Å². The quantitative estimate of drug-likeness (QED) is 0.799. The standard InChI is InChI=1S/C19H19ClN2O5S/c1-12-3-6-14(7-4-12)28(25,26)22-16(8-10-18(22)23)19(24)21-15-11-13(20)5-9-17(15)27-2/h3-7,9,11,16H,8,10H2,1-2H3,(H,21,24). The molecule has 0 saturated carbocycles. The first-order valence-electron chi connectivity index (χ1n) is 8.52. The van der Waals surface area contributed by atoms with Crippen molar-refractivity contribution in [2.75, 3.05) is 12.4 Å². The van der Waals surface area contributed by atoms with Crippen LogP contribution in [0.4, 0.5) is 5.69 Å². The minimum absolute atomic E-state index is 0.0319. The summed E-state index contributed by atoms with van der Waals surface area (Å²) in [5.41, 5.74) is 1.18. The van der Waals surface area contributed by atoms with Gasteiger partial charge < -0.3 is 10.1 Å². The third-order valence-corrected chi connectivity index (χ3v) is 6.54. The molecular weight excluding hydrogens is 404 g/mol. The van der Waals surface area contributed by atoms with Gasteiger partial charge in [-0.05, 0) is 43.7 Å². The summed E-state index contributed by atoms with van der Waals surface area (Å²) < 4.78 is 31.8. The number of carbonyl (C=O) groups excluding carboxylic acids is 2. The number of sulfonamides is 1. The van der Waals surface area contributed by atoms with Crippen LogP contribution in [-0.2, 0) is 19.6 Å². The van der Waals surface area contributed by atoms with Crippen molar-refractivity contribution in [1.82, 2.24) is 4.31 Å². The van der Waals surface area contributed by atoms with Crippen molar-refractivity contribution in [2.24, 2.45) is 0 Å². The smallest absolute Gasteiger partial charge is 0.267 e. The van der Waals surface area contributed by atoms with Gasteiger partial charge in [0.25, 0.3) is 10.0 Å². The van der Waals surface area contributed by atoms with Crippen LogP contribution in [-0.4, -0.2) is 37.7 Å². The number of nitrogens with one attached hydrogen (secondary N) is 1. The highest BCUT2D eigenvalue weighted by atomic mass is 35.5. The van der Waals surface area contributed by atoms with Crippen molar-refractivity contribution in [1.29, 1.82) is 0 Å². The molecule has 1 heterocycles. The Labute approximate surface area is 168 Å². The Kier molecular flexibility index (Phi) is 5.62. The lowest BCUT2D eigenvalue weighted by Crippen LogP contribution is -2.45. The number of hydrogen-bond acceptors (Lipinski definition) is 5. The average molecular weight is 423 g/mol. The molecule has 0 bridgehead atoms. The largest absolute Gasteiger partial charge is 0.495 e. The molecule has 7 nitrogen and oxygen atoms in total. The van der Waals surface area contributed by atoms with E-state index in [-0.39, 0.29) is 17.7 Å². The number of anilines is 1. The molecule has 9 heteroatoms. The summed E-state index contributed by atoms with van der Waals surface area (Å²) in [4.78, 5) is 25.1. The maximum Gasteiger partial charge on any atom is 0.267 e. The van der Waals surface area contributed by atoms with Gasteiger partial charge in [-0.15, -0.1) is 0 Å². The van der Waals surface area contributed by atoms with Gasteiger partial charge in [-0.1, -0.05) is 29.3 Å². The van der Waals surface area contributed by atoms with E-state index < -0.39 is 27.9 Å². The molecule has 0 aliphatic carbocycles. The molecule has 1 saturated heterocycles. The number of nitrogens with zero attached hydrogens (tertiary/aromatic N) is 1. The third-order valence-electron chi connectivity index (χ3n) is 4.46. The van der Waals surface area contributed by atoms with Crippen LogP contribution in [0.15, 0.2) is 47.4 Å². The summed E-state index contributed by atoms with van der Waals surface area (Å²) in [5.74, 6) is -0.865.